The van der Waals surface area contributed by atoms with Crippen LogP contribution in [0.1, 0.15) is 10.4 Å². The summed E-state index contributed by atoms with van der Waals surface area (Å²) in [6.45, 7) is -2.44. The van der Waals surface area contributed by atoms with Crippen molar-refractivity contribution >= 4 is 27.6 Å². The predicted octanol–water partition coefficient (Wildman–Crippen LogP) is 5.13. The third-order valence-electron chi connectivity index (χ3n) is 6.39. The highest BCUT2D eigenvalue weighted by molar-refractivity contribution is 7.92. The fourth-order valence-electron chi connectivity index (χ4n) is 4.31. The average Bonchev–Trinajstić information content (AvgIpc) is 3.43. The van der Waals surface area contributed by atoms with Gasteiger partial charge in [0.25, 0.3) is 10.0 Å². The second-order valence-corrected chi connectivity index (χ2v) is 11.1. The summed E-state index contributed by atoms with van der Waals surface area (Å²) < 4.78 is 108. The first kappa shape index (κ1) is 31.1. The summed E-state index contributed by atoms with van der Waals surface area (Å²) in [5.74, 6) is -6.52. The summed E-state index contributed by atoms with van der Waals surface area (Å²) in [6, 6.07) is 11.7. The molecule has 2 N–H and O–H groups in total. The second kappa shape index (κ2) is 12.7. The number of carbonyl (C=O) groups is 1. The van der Waals surface area contributed by atoms with E-state index in [2.05, 4.69) is 15.1 Å². The number of rotatable bonds is 10. The average molecular weight is 645 g/mol. The quantitative estimate of drug-likeness (QED) is 0.126. The van der Waals surface area contributed by atoms with Gasteiger partial charge in [-0.25, -0.2) is 49.4 Å². The van der Waals surface area contributed by atoms with Gasteiger partial charge in [0.2, 0.25) is 5.95 Å². The van der Waals surface area contributed by atoms with Crippen molar-refractivity contribution in [1.29, 1.82) is 0 Å². The van der Waals surface area contributed by atoms with E-state index >= 15 is 8.78 Å². The smallest absolute Gasteiger partial charge is 0.339 e. The number of nitrogen functional groups attached to an aromatic ring is 1. The molecule has 16 heteroatoms. The molecule has 0 fully saturated rings. The van der Waals surface area contributed by atoms with Crippen molar-refractivity contribution in [3.63, 3.8) is 0 Å². The van der Waals surface area contributed by atoms with Crippen LogP contribution in [-0.4, -0.2) is 47.5 Å². The number of carbonyl (C=O) groups excluding carboxylic acids is 1. The van der Waals surface area contributed by atoms with Gasteiger partial charge in [-0.2, -0.15) is 5.10 Å². The lowest BCUT2D eigenvalue weighted by molar-refractivity contribution is 0.0519. The van der Waals surface area contributed by atoms with Gasteiger partial charge in [0.05, 0.1) is 29.1 Å². The van der Waals surface area contributed by atoms with Crippen LogP contribution in [0, 0.1) is 23.3 Å². The van der Waals surface area contributed by atoms with Crippen LogP contribution in [0.25, 0.3) is 22.5 Å². The van der Waals surface area contributed by atoms with Crippen LogP contribution >= 0.6 is 0 Å². The van der Waals surface area contributed by atoms with Crippen molar-refractivity contribution in [2.45, 2.75) is 11.4 Å². The Balaban J connectivity index is 1.69. The molecular formula is C29H21F5N6O4S. The number of aromatic nitrogens is 4. The molecule has 0 atom stereocenters. The number of aryl methyl sites for hydroxylation is 1. The van der Waals surface area contributed by atoms with E-state index in [1.54, 1.807) is 6.07 Å². The van der Waals surface area contributed by atoms with Crippen molar-refractivity contribution in [3.05, 3.63) is 108 Å². The number of halogens is 5. The monoisotopic (exact) mass is 644 g/mol. The molecule has 45 heavy (non-hydrogen) atoms. The highest BCUT2D eigenvalue weighted by Crippen LogP contribution is 2.38. The number of ether oxygens (including phenoxy) is 1. The van der Waals surface area contributed by atoms with Gasteiger partial charge in [-0.15, -0.1) is 0 Å². The van der Waals surface area contributed by atoms with Gasteiger partial charge in [-0.1, -0.05) is 18.2 Å². The minimum atomic E-state index is -5.22. The molecule has 2 aromatic heterocycles. The Labute approximate surface area is 252 Å². The molecule has 3 aromatic carbocycles. The predicted molar refractivity (Wildman–Crippen MR) is 152 cm³/mol. The Morgan fingerprint density at radius 2 is 1.71 bits per heavy atom. The number of sulfonamides is 1. The summed E-state index contributed by atoms with van der Waals surface area (Å²) in [5, 5.41) is 4.09. The third kappa shape index (κ3) is 6.31. The Morgan fingerprint density at radius 1 is 0.978 bits per heavy atom. The van der Waals surface area contributed by atoms with Crippen LogP contribution in [0.15, 0.2) is 84.0 Å². The van der Waals surface area contributed by atoms with Gasteiger partial charge in [0.1, 0.15) is 34.7 Å². The van der Waals surface area contributed by atoms with Crippen LogP contribution in [-0.2, 0) is 21.3 Å². The number of hydrogen-bond acceptors (Lipinski definition) is 8. The normalized spacial score (nSPS) is 11.4. The first-order valence-electron chi connectivity index (χ1n) is 12.9. The van der Waals surface area contributed by atoms with Gasteiger partial charge in [0.15, 0.2) is 12.5 Å². The van der Waals surface area contributed by atoms with E-state index in [4.69, 9.17) is 10.5 Å². The molecule has 0 saturated heterocycles. The minimum absolute atomic E-state index is 0.000723. The first-order valence-corrected chi connectivity index (χ1v) is 14.4. The van der Waals surface area contributed by atoms with E-state index in [1.165, 1.54) is 42.7 Å². The lowest BCUT2D eigenvalue weighted by atomic mass is 10.0. The number of nitrogens with zero attached hydrogens (tertiary/aromatic N) is 5. The van der Waals surface area contributed by atoms with Crippen LogP contribution in [0.2, 0.25) is 0 Å². The summed E-state index contributed by atoms with van der Waals surface area (Å²) in [4.78, 5) is 19.3. The maximum atomic E-state index is 16.5. The van der Waals surface area contributed by atoms with E-state index in [0.29, 0.717) is 30.3 Å². The molecule has 0 unspecified atom stereocenters. The number of alkyl halides is 1. The Morgan fingerprint density at radius 3 is 2.42 bits per heavy atom. The molecule has 5 aromatic rings. The molecule has 0 aliphatic heterocycles. The molecule has 0 aliphatic rings. The number of anilines is 2. The molecule has 2 heterocycles. The van der Waals surface area contributed by atoms with E-state index in [0.717, 1.165) is 4.68 Å². The Hall–Kier alpha value is -5.38. The zero-order valence-corrected chi connectivity index (χ0v) is 23.7. The molecular weight excluding hydrogens is 623 g/mol. The molecule has 0 spiro atoms. The minimum Gasteiger partial charge on any atom is -0.440 e. The van der Waals surface area contributed by atoms with Gasteiger partial charge in [0, 0.05) is 18.0 Å². The van der Waals surface area contributed by atoms with E-state index in [-0.39, 0.29) is 33.6 Å². The van der Waals surface area contributed by atoms with Crippen molar-refractivity contribution in [2.75, 3.05) is 23.4 Å². The largest absolute Gasteiger partial charge is 0.440 e. The number of hydrogen-bond donors (Lipinski definition) is 1. The standard InChI is InChI=1S/C29H21F5N6O4S/c30-11-13-39-15-19(22-10-12-36-29(35)37-22)27(38-39)25-21(33)8-9-23(26(25)34)40(16-44-28(41)17-4-2-1-3-5-17)45(42,43)24-14-18(31)6-7-20(24)32/h1-10,12,14-15H,11,13,16H2,(H2,35,36,37). The van der Waals surface area contributed by atoms with E-state index in [9.17, 15) is 26.4 Å². The summed E-state index contributed by atoms with van der Waals surface area (Å²) in [5.41, 5.74) is 3.48. The third-order valence-corrected chi connectivity index (χ3v) is 8.14. The van der Waals surface area contributed by atoms with Gasteiger partial charge in [-0.05, 0) is 48.5 Å². The van der Waals surface area contributed by atoms with Crippen LogP contribution in [0.3, 0.4) is 0 Å². The highest BCUT2D eigenvalue weighted by Gasteiger charge is 2.34. The van der Waals surface area contributed by atoms with Crippen molar-refractivity contribution in [1.82, 2.24) is 19.7 Å². The molecule has 0 bridgehead atoms. The maximum Gasteiger partial charge on any atom is 0.339 e. The zero-order valence-electron chi connectivity index (χ0n) is 22.9. The number of esters is 1. The van der Waals surface area contributed by atoms with Gasteiger partial charge in [-0.3, -0.25) is 4.68 Å². The van der Waals surface area contributed by atoms with Crippen molar-refractivity contribution in [2.24, 2.45) is 0 Å². The summed E-state index contributed by atoms with van der Waals surface area (Å²) >= 11 is 0. The first-order chi connectivity index (χ1) is 21.5. The molecule has 0 aliphatic carbocycles. The van der Waals surface area contributed by atoms with Crippen LogP contribution < -0.4 is 10.0 Å². The Kier molecular flexibility index (Phi) is 8.76. The van der Waals surface area contributed by atoms with E-state index in [1.807, 2.05) is 0 Å². The number of nitrogens with two attached hydrogens (primary N) is 1. The summed E-state index contributed by atoms with van der Waals surface area (Å²) in [6.07, 6.45) is 2.51. The maximum absolute atomic E-state index is 16.5. The zero-order chi connectivity index (χ0) is 32.3. The molecule has 0 saturated carbocycles. The Bertz CT molecular complexity index is 1990. The van der Waals surface area contributed by atoms with Crippen LogP contribution in [0.5, 0.6) is 0 Å². The van der Waals surface area contributed by atoms with E-state index < -0.39 is 74.5 Å². The lowest BCUT2D eigenvalue weighted by Crippen LogP contribution is -2.35. The molecule has 232 valence electrons. The molecule has 10 nitrogen and oxygen atoms in total. The second-order valence-electron chi connectivity index (χ2n) is 9.25. The highest BCUT2D eigenvalue weighted by atomic mass is 32.2. The molecule has 5 rings (SSSR count). The molecule has 0 amide bonds. The van der Waals surface area contributed by atoms with Crippen molar-refractivity contribution < 1.29 is 39.9 Å². The molecule has 0 radical (unpaired) electrons. The fraction of sp³-hybridized carbons (Fsp3) is 0.103. The SMILES string of the molecule is Nc1nccc(-c2cn(CCF)nc2-c2c(F)ccc(N(COC(=O)c3ccccc3)S(=O)(=O)c3cc(F)ccc3F)c2F)n1. The van der Waals surface area contributed by atoms with Gasteiger partial charge >= 0.3 is 5.97 Å². The number of benzene rings is 3. The topological polar surface area (TPSA) is 133 Å². The van der Waals surface area contributed by atoms with Crippen molar-refractivity contribution in [3.8, 4) is 22.5 Å². The van der Waals surface area contributed by atoms with Crippen LogP contribution in [0.4, 0.5) is 33.6 Å². The lowest BCUT2D eigenvalue weighted by Gasteiger charge is -2.25. The summed E-state index contributed by atoms with van der Waals surface area (Å²) in [7, 11) is -5.22. The fourth-order valence-corrected chi connectivity index (χ4v) is 5.71. The van der Waals surface area contributed by atoms with Gasteiger partial charge < -0.3 is 10.5 Å².